The molecule has 5 nitrogen and oxygen atoms in total. The summed E-state index contributed by atoms with van der Waals surface area (Å²) in [5.74, 6) is 1.06. The van der Waals surface area contributed by atoms with Gasteiger partial charge < -0.3 is 19.5 Å². The van der Waals surface area contributed by atoms with Crippen LogP contribution >= 0.6 is 0 Å². The number of hydrogen-bond donors (Lipinski definition) is 1. The Morgan fingerprint density at radius 2 is 2.13 bits per heavy atom. The number of piperidine rings is 1. The molecule has 1 saturated heterocycles. The maximum atomic E-state index is 5.79. The molecule has 1 atom stereocenters. The Morgan fingerprint density at radius 3 is 2.96 bits per heavy atom. The summed E-state index contributed by atoms with van der Waals surface area (Å²) >= 11 is 0. The van der Waals surface area contributed by atoms with E-state index >= 15 is 0 Å². The molecule has 3 heterocycles. The molecule has 0 saturated carbocycles. The van der Waals surface area contributed by atoms with E-state index < -0.39 is 0 Å². The van der Waals surface area contributed by atoms with Gasteiger partial charge in [0.1, 0.15) is 12.4 Å². The van der Waals surface area contributed by atoms with Crippen molar-refractivity contribution in [3.8, 4) is 0 Å². The predicted octanol–water partition coefficient (Wildman–Crippen LogP) is 2.10. The Kier molecular flexibility index (Phi) is 4.09. The third-order valence-electron chi connectivity index (χ3n) is 5.19. The molecule has 2 aliphatic rings. The van der Waals surface area contributed by atoms with Crippen molar-refractivity contribution < 1.29 is 4.74 Å². The molecular weight excluding hydrogens is 288 g/mol. The largest absolute Gasteiger partial charge is 0.371 e. The van der Waals surface area contributed by atoms with Gasteiger partial charge in [0.15, 0.2) is 0 Å². The van der Waals surface area contributed by atoms with Crippen LogP contribution in [0.1, 0.15) is 30.3 Å². The van der Waals surface area contributed by atoms with Gasteiger partial charge in [-0.3, -0.25) is 0 Å². The van der Waals surface area contributed by atoms with Crippen molar-refractivity contribution in [1.82, 2.24) is 19.8 Å². The molecule has 1 aromatic heterocycles. The van der Waals surface area contributed by atoms with Crippen LogP contribution < -0.4 is 5.32 Å². The Hall–Kier alpha value is -1.43. The maximum Gasteiger partial charge on any atom is 0.136 e. The van der Waals surface area contributed by atoms with Crippen molar-refractivity contribution in [3.63, 3.8) is 0 Å². The molecule has 2 aromatic rings. The van der Waals surface area contributed by atoms with E-state index in [9.17, 15) is 0 Å². The summed E-state index contributed by atoms with van der Waals surface area (Å²) in [6, 6.07) is 7.52. The van der Waals surface area contributed by atoms with Crippen LogP contribution in [-0.4, -0.2) is 53.8 Å². The monoisotopic (exact) mass is 314 g/mol. The number of benzene rings is 1. The molecule has 0 radical (unpaired) electrons. The van der Waals surface area contributed by atoms with Crippen LogP contribution in [-0.2, 0) is 11.3 Å². The third kappa shape index (κ3) is 3.01. The minimum Gasteiger partial charge on any atom is -0.371 e. The van der Waals surface area contributed by atoms with Crippen LogP contribution in [0.4, 0.5) is 0 Å². The lowest BCUT2D eigenvalue weighted by atomic mass is 10.1. The van der Waals surface area contributed by atoms with E-state index in [1.807, 2.05) is 0 Å². The first-order valence-electron chi connectivity index (χ1n) is 8.68. The predicted molar refractivity (Wildman–Crippen MR) is 91.7 cm³/mol. The van der Waals surface area contributed by atoms with E-state index in [2.05, 4.69) is 47.0 Å². The standard InChI is InChI=1S/C18H26N4O/c1-13-3-4-17-16(9-13)20-18-12-23-11-15(22(17)18)10-19-14-5-7-21(2)8-6-14/h3-4,9,14-15,19H,5-8,10-12H2,1-2H3. The number of imidazole rings is 1. The highest BCUT2D eigenvalue weighted by Gasteiger charge is 2.25. The second-order valence-electron chi connectivity index (χ2n) is 7.04. The summed E-state index contributed by atoms with van der Waals surface area (Å²) in [5, 5.41) is 3.76. The van der Waals surface area contributed by atoms with Crippen LogP contribution in [0.25, 0.3) is 11.0 Å². The zero-order valence-corrected chi connectivity index (χ0v) is 14.1. The number of ether oxygens (including phenoxy) is 1. The highest BCUT2D eigenvalue weighted by Crippen LogP contribution is 2.26. The maximum absolute atomic E-state index is 5.79. The molecule has 1 N–H and O–H groups in total. The number of nitrogens with zero attached hydrogens (tertiary/aromatic N) is 3. The molecule has 0 aliphatic carbocycles. The summed E-state index contributed by atoms with van der Waals surface area (Å²) < 4.78 is 8.18. The molecule has 23 heavy (non-hydrogen) atoms. The van der Waals surface area contributed by atoms with Gasteiger partial charge in [-0.1, -0.05) is 6.07 Å². The quantitative estimate of drug-likeness (QED) is 0.942. The number of nitrogens with one attached hydrogen (secondary N) is 1. The topological polar surface area (TPSA) is 42.3 Å². The first-order valence-corrected chi connectivity index (χ1v) is 8.68. The lowest BCUT2D eigenvalue weighted by Crippen LogP contribution is -2.44. The number of rotatable bonds is 3. The van der Waals surface area contributed by atoms with Crippen molar-refractivity contribution in [1.29, 1.82) is 0 Å². The van der Waals surface area contributed by atoms with Gasteiger partial charge in [-0.05, 0) is 57.6 Å². The van der Waals surface area contributed by atoms with Crippen LogP contribution in [0, 0.1) is 6.92 Å². The molecule has 0 spiro atoms. The van der Waals surface area contributed by atoms with E-state index in [4.69, 9.17) is 9.72 Å². The lowest BCUT2D eigenvalue weighted by Gasteiger charge is -2.32. The molecule has 4 rings (SSSR count). The van der Waals surface area contributed by atoms with E-state index in [1.54, 1.807) is 0 Å². The summed E-state index contributed by atoms with van der Waals surface area (Å²) in [6.07, 6.45) is 2.47. The summed E-state index contributed by atoms with van der Waals surface area (Å²) in [6.45, 7) is 6.85. The molecular formula is C18H26N4O. The molecule has 1 unspecified atom stereocenters. The van der Waals surface area contributed by atoms with E-state index in [1.165, 1.54) is 37.0 Å². The zero-order valence-electron chi connectivity index (χ0n) is 14.1. The lowest BCUT2D eigenvalue weighted by molar-refractivity contribution is 0.0547. The van der Waals surface area contributed by atoms with Crippen LogP contribution in [0.3, 0.4) is 0 Å². The van der Waals surface area contributed by atoms with Crippen molar-refractivity contribution in [2.75, 3.05) is 33.3 Å². The van der Waals surface area contributed by atoms with E-state index in [0.29, 0.717) is 18.7 Å². The fourth-order valence-corrected chi connectivity index (χ4v) is 3.79. The average molecular weight is 314 g/mol. The molecule has 2 aliphatic heterocycles. The number of hydrogen-bond acceptors (Lipinski definition) is 4. The Bertz CT molecular complexity index is 688. The van der Waals surface area contributed by atoms with Crippen molar-refractivity contribution in [2.45, 2.75) is 38.5 Å². The first-order chi connectivity index (χ1) is 11.2. The minimum atomic E-state index is 0.339. The van der Waals surface area contributed by atoms with Crippen molar-refractivity contribution >= 4 is 11.0 Å². The van der Waals surface area contributed by atoms with Gasteiger partial charge in [0.25, 0.3) is 0 Å². The first kappa shape index (κ1) is 15.1. The summed E-state index contributed by atoms with van der Waals surface area (Å²) in [7, 11) is 2.21. The molecule has 124 valence electrons. The molecule has 1 aromatic carbocycles. The van der Waals surface area contributed by atoms with Crippen molar-refractivity contribution in [2.24, 2.45) is 0 Å². The fraction of sp³-hybridized carbons (Fsp3) is 0.611. The number of fused-ring (bicyclic) bond motifs is 3. The van der Waals surface area contributed by atoms with Gasteiger partial charge in [0, 0.05) is 12.6 Å². The highest BCUT2D eigenvalue weighted by atomic mass is 16.5. The van der Waals surface area contributed by atoms with Gasteiger partial charge in [-0.25, -0.2) is 4.98 Å². The third-order valence-corrected chi connectivity index (χ3v) is 5.19. The van der Waals surface area contributed by atoms with Crippen LogP contribution in [0.2, 0.25) is 0 Å². The van der Waals surface area contributed by atoms with E-state index in [0.717, 1.165) is 24.5 Å². The zero-order chi connectivity index (χ0) is 15.8. The van der Waals surface area contributed by atoms with Crippen molar-refractivity contribution in [3.05, 3.63) is 29.6 Å². The Morgan fingerprint density at radius 1 is 1.30 bits per heavy atom. The fourth-order valence-electron chi connectivity index (χ4n) is 3.79. The minimum absolute atomic E-state index is 0.339. The molecule has 0 bridgehead atoms. The molecule has 5 heteroatoms. The second-order valence-corrected chi connectivity index (χ2v) is 7.04. The van der Waals surface area contributed by atoms with Gasteiger partial charge in [0.2, 0.25) is 0 Å². The van der Waals surface area contributed by atoms with Gasteiger partial charge >= 0.3 is 0 Å². The number of aromatic nitrogens is 2. The highest BCUT2D eigenvalue weighted by molar-refractivity contribution is 5.77. The summed E-state index contributed by atoms with van der Waals surface area (Å²) in [4.78, 5) is 7.18. The average Bonchev–Trinajstić information content (AvgIpc) is 2.92. The van der Waals surface area contributed by atoms with Gasteiger partial charge in [-0.2, -0.15) is 0 Å². The van der Waals surface area contributed by atoms with Crippen LogP contribution in [0.5, 0.6) is 0 Å². The van der Waals surface area contributed by atoms with E-state index in [-0.39, 0.29) is 0 Å². The van der Waals surface area contributed by atoms with Crippen LogP contribution in [0.15, 0.2) is 18.2 Å². The normalized spacial score (nSPS) is 23.3. The molecule has 0 amide bonds. The second kappa shape index (κ2) is 6.23. The molecule has 1 fully saturated rings. The van der Waals surface area contributed by atoms with Gasteiger partial charge in [-0.15, -0.1) is 0 Å². The number of aryl methyl sites for hydroxylation is 1. The summed E-state index contributed by atoms with van der Waals surface area (Å²) in [5.41, 5.74) is 3.59. The number of likely N-dealkylation sites (tertiary alicyclic amines) is 1. The smallest absolute Gasteiger partial charge is 0.136 e. The SMILES string of the molecule is Cc1ccc2c(c1)nc1n2C(CNC2CCN(C)CC2)COC1. The van der Waals surface area contributed by atoms with Gasteiger partial charge in [0.05, 0.1) is 23.7 Å². The Labute approximate surface area is 137 Å². The Balaban J connectivity index is 1.52.